The molecule has 0 unspecified atom stereocenters. The van der Waals surface area contributed by atoms with Gasteiger partial charge in [0.2, 0.25) is 10.0 Å². The van der Waals surface area contributed by atoms with Gasteiger partial charge in [0, 0.05) is 13.1 Å². The number of methoxy groups -OCH3 is 1. The van der Waals surface area contributed by atoms with Crippen molar-refractivity contribution >= 4 is 27.5 Å². The van der Waals surface area contributed by atoms with E-state index in [1.165, 1.54) is 22.5 Å². The number of carbonyl (C=O) groups is 1. The summed E-state index contributed by atoms with van der Waals surface area (Å²) in [7, 11) is -2.06. The quantitative estimate of drug-likeness (QED) is 0.621. The Morgan fingerprint density at radius 3 is 2.40 bits per heavy atom. The normalized spacial score (nSPS) is 14.9. The number of rotatable bonds is 8. The SMILES string of the molecule is COc1ccc(OCCNC(=O)c2cc(S(=O)(=O)N3CCCCC3)ccc2Cl)cc1. The standard InChI is InChI=1S/C21H25ClN2O5S/c1-28-16-5-7-17(8-6-16)29-14-11-23-21(25)19-15-18(9-10-20(19)22)30(26,27)24-12-3-2-4-13-24/h5-10,15H,2-4,11-14H2,1H3,(H,23,25). The van der Waals surface area contributed by atoms with Crippen LogP contribution in [0, 0.1) is 0 Å². The van der Waals surface area contributed by atoms with Gasteiger partial charge in [-0.15, -0.1) is 0 Å². The van der Waals surface area contributed by atoms with E-state index in [1.807, 2.05) is 0 Å². The van der Waals surface area contributed by atoms with Crippen LogP contribution in [-0.2, 0) is 10.0 Å². The van der Waals surface area contributed by atoms with Crippen molar-refractivity contribution in [1.29, 1.82) is 0 Å². The number of halogens is 1. The zero-order chi connectivity index (χ0) is 21.6. The molecule has 1 heterocycles. The maximum absolute atomic E-state index is 12.9. The first-order valence-corrected chi connectivity index (χ1v) is 11.6. The number of hydrogen-bond acceptors (Lipinski definition) is 5. The summed E-state index contributed by atoms with van der Waals surface area (Å²) in [6.07, 6.45) is 2.71. The van der Waals surface area contributed by atoms with Crippen molar-refractivity contribution in [3.05, 3.63) is 53.1 Å². The van der Waals surface area contributed by atoms with Gasteiger partial charge in [-0.25, -0.2) is 8.42 Å². The highest BCUT2D eigenvalue weighted by molar-refractivity contribution is 7.89. The predicted octanol–water partition coefficient (Wildman–Crippen LogP) is 3.33. The van der Waals surface area contributed by atoms with E-state index >= 15 is 0 Å². The van der Waals surface area contributed by atoms with Crippen LogP contribution in [0.3, 0.4) is 0 Å². The lowest BCUT2D eigenvalue weighted by Gasteiger charge is -2.26. The van der Waals surface area contributed by atoms with Gasteiger partial charge in [-0.2, -0.15) is 4.31 Å². The lowest BCUT2D eigenvalue weighted by molar-refractivity contribution is 0.0947. The second kappa shape index (κ2) is 10.1. The van der Waals surface area contributed by atoms with Crippen LogP contribution in [0.25, 0.3) is 0 Å². The molecule has 7 nitrogen and oxygen atoms in total. The van der Waals surface area contributed by atoms with Gasteiger partial charge in [-0.05, 0) is 55.3 Å². The van der Waals surface area contributed by atoms with Crippen LogP contribution in [0.4, 0.5) is 0 Å². The molecule has 2 aromatic rings. The maximum atomic E-state index is 12.9. The Morgan fingerprint density at radius 1 is 1.07 bits per heavy atom. The van der Waals surface area contributed by atoms with Crippen molar-refractivity contribution in [3.8, 4) is 11.5 Å². The zero-order valence-electron chi connectivity index (χ0n) is 16.8. The highest BCUT2D eigenvalue weighted by atomic mass is 35.5. The minimum Gasteiger partial charge on any atom is -0.497 e. The molecule has 30 heavy (non-hydrogen) atoms. The van der Waals surface area contributed by atoms with Crippen molar-refractivity contribution < 1.29 is 22.7 Å². The molecule has 162 valence electrons. The summed E-state index contributed by atoms with van der Waals surface area (Å²) < 4.78 is 37.8. The van der Waals surface area contributed by atoms with Crippen LogP contribution in [0.2, 0.25) is 5.02 Å². The van der Waals surface area contributed by atoms with Crippen molar-refractivity contribution in [2.75, 3.05) is 33.4 Å². The molecular formula is C21H25ClN2O5S. The summed E-state index contributed by atoms with van der Waals surface area (Å²) in [5, 5.41) is 2.90. The number of amides is 1. The van der Waals surface area contributed by atoms with Crippen LogP contribution in [0.5, 0.6) is 11.5 Å². The van der Waals surface area contributed by atoms with E-state index in [4.69, 9.17) is 21.1 Å². The maximum Gasteiger partial charge on any atom is 0.252 e. The first-order valence-electron chi connectivity index (χ1n) is 9.76. The molecule has 9 heteroatoms. The lowest BCUT2D eigenvalue weighted by Crippen LogP contribution is -2.35. The van der Waals surface area contributed by atoms with Gasteiger partial charge in [-0.1, -0.05) is 18.0 Å². The van der Waals surface area contributed by atoms with E-state index in [1.54, 1.807) is 31.4 Å². The van der Waals surface area contributed by atoms with E-state index in [0.29, 0.717) is 18.8 Å². The summed E-state index contributed by atoms with van der Waals surface area (Å²) in [6.45, 7) is 1.48. The van der Waals surface area contributed by atoms with E-state index in [2.05, 4.69) is 5.32 Å². The zero-order valence-corrected chi connectivity index (χ0v) is 18.3. The summed E-state index contributed by atoms with van der Waals surface area (Å²) in [5.41, 5.74) is 0.124. The Bertz CT molecular complexity index is 973. The number of ether oxygens (including phenoxy) is 2. The number of hydrogen-bond donors (Lipinski definition) is 1. The van der Waals surface area contributed by atoms with Crippen LogP contribution >= 0.6 is 11.6 Å². The molecule has 1 aliphatic heterocycles. The van der Waals surface area contributed by atoms with E-state index in [0.717, 1.165) is 25.0 Å². The first kappa shape index (κ1) is 22.4. The van der Waals surface area contributed by atoms with Crippen molar-refractivity contribution in [2.45, 2.75) is 24.2 Å². The second-order valence-electron chi connectivity index (χ2n) is 6.89. The van der Waals surface area contributed by atoms with Gasteiger partial charge in [0.1, 0.15) is 18.1 Å². The summed E-state index contributed by atoms with van der Waals surface area (Å²) in [4.78, 5) is 12.6. The van der Waals surface area contributed by atoms with Crippen LogP contribution in [0.1, 0.15) is 29.6 Å². The molecule has 0 bridgehead atoms. The monoisotopic (exact) mass is 452 g/mol. The van der Waals surface area contributed by atoms with E-state index < -0.39 is 15.9 Å². The molecule has 1 amide bonds. The molecule has 1 saturated heterocycles. The van der Waals surface area contributed by atoms with Crippen LogP contribution in [0.15, 0.2) is 47.4 Å². The van der Waals surface area contributed by atoms with Gasteiger partial charge in [0.25, 0.3) is 5.91 Å². The van der Waals surface area contributed by atoms with Crippen molar-refractivity contribution in [3.63, 3.8) is 0 Å². The van der Waals surface area contributed by atoms with Gasteiger partial charge >= 0.3 is 0 Å². The first-order chi connectivity index (χ1) is 14.4. The Morgan fingerprint density at radius 2 is 1.73 bits per heavy atom. The van der Waals surface area contributed by atoms with Gasteiger partial charge in [-0.3, -0.25) is 4.79 Å². The summed E-state index contributed by atoms with van der Waals surface area (Å²) >= 11 is 6.15. The smallest absolute Gasteiger partial charge is 0.252 e. The average molecular weight is 453 g/mol. The van der Waals surface area contributed by atoms with Crippen LogP contribution < -0.4 is 14.8 Å². The predicted molar refractivity (Wildman–Crippen MR) is 115 cm³/mol. The number of piperidine rings is 1. The molecule has 0 aliphatic carbocycles. The number of nitrogens with zero attached hydrogens (tertiary/aromatic N) is 1. The fraction of sp³-hybridized carbons (Fsp3) is 0.381. The third-order valence-electron chi connectivity index (χ3n) is 4.85. The summed E-state index contributed by atoms with van der Waals surface area (Å²) in [6, 6.07) is 11.3. The highest BCUT2D eigenvalue weighted by Crippen LogP contribution is 2.25. The Balaban J connectivity index is 1.60. The molecule has 0 atom stereocenters. The van der Waals surface area contributed by atoms with E-state index in [9.17, 15) is 13.2 Å². The van der Waals surface area contributed by atoms with Gasteiger partial charge in [0.05, 0.1) is 29.1 Å². The third-order valence-corrected chi connectivity index (χ3v) is 7.08. The minimum atomic E-state index is -3.64. The Hall–Kier alpha value is -2.29. The molecule has 1 aliphatic rings. The minimum absolute atomic E-state index is 0.0773. The molecule has 2 aromatic carbocycles. The highest BCUT2D eigenvalue weighted by Gasteiger charge is 2.27. The molecule has 1 N–H and O–H groups in total. The lowest BCUT2D eigenvalue weighted by atomic mass is 10.2. The summed E-state index contributed by atoms with van der Waals surface area (Å²) in [5.74, 6) is 0.927. The second-order valence-corrected chi connectivity index (χ2v) is 9.23. The molecule has 0 saturated carbocycles. The topological polar surface area (TPSA) is 84.9 Å². The number of carbonyl (C=O) groups excluding carboxylic acids is 1. The van der Waals surface area contributed by atoms with Crippen LogP contribution in [-0.4, -0.2) is 52.0 Å². The third kappa shape index (κ3) is 5.44. The van der Waals surface area contributed by atoms with E-state index in [-0.39, 0.29) is 28.6 Å². The largest absolute Gasteiger partial charge is 0.497 e. The Kier molecular flexibility index (Phi) is 7.58. The van der Waals surface area contributed by atoms with Crippen molar-refractivity contribution in [1.82, 2.24) is 9.62 Å². The fourth-order valence-electron chi connectivity index (χ4n) is 3.19. The Labute approximate surface area is 182 Å². The number of sulfonamides is 1. The van der Waals surface area contributed by atoms with Gasteiger partial charge < -0.3 is 14.8 Å². The fourth-order valence-corrected chi connectivity index (χ4v) is 4.94. The molecule has 0 radical (unpaired) electrons. The van der Waals surface area contributed by atoms with Crippen molar-refractivity contribution in [2.24, 2.45) is 0 Å². The number of nitrogens with one attached hydrogen (secondary N) is 1. The molecular weight excluding hydrogens is 428 g/mol. The molecule has 1 fully saturated rings. The molecule has 0 spiro atoms. The molecule has 3 rings (SSSR count). The number of benzene rings is 2. The average Bonchev–Trinajstić information content (AvgIpc) is 2.77. The van der Waals surface area contributed by atoms with Gasteiger partial charge in [0.15, 0.2) is 0 Å². The molecule has 0 aromatic heterocycles.